The zero-order chi connectivity index (χ0) is 17.2. The van der Waals surface area contributed by atoms with Gasteiger partial charge < -0.3 is 5.11 Å². The summed E-state index contributed by atoms with van der Waals surface area (Å²) in [7, 11) is 0. The zero-order valence-corrected chi connectivity index (χ0v) is 14.4. The second-order valence-corrected chi connectivity index (χ2v) is 7.16. The van der Waals surface area contributed by atoms with Crippen LogP contribution >= 0.6 is 0 Å². The number of piperazine rings is 1. The van der Waals surface area contributed by atoms with Gasteiger partial charge in [-0.3, -0.25) is 9.80 Å². The van der Waals surface area contributed by atoms with Crippen LogP contribution in [-0.2, 0) is 6.54 Å². The monoisotopic (exact) mass is 344 g/mol. The molecule has 1 aromatic heterocycles. The Labute approximate surface area is 147 Å². The summed E-state index contributed by atoms with van der Waals surface area (Å²) in [5.74, 6) is -0.239. The molecule has 2 aliphatic rings. The van der Waals surface area contributed by atoms with Crippen molar-refractivity contribution in [3.63, 3.8) is 0 Å². The van der Waals surface area contributed by atoms with Crippen LogP contribution in [0, 0.1) is 5.82 Å². The zero-order valence-electron chi connectivity index (χ0n) is 14.4. The van der Waals surface area contributed by atoms with Gasteiger partial charge in [-0.15, -0.1) is 0 Å². The Morgan fingerprint density at radius 2 is 2.04 bits per heavy atom. The van der Waals surface area contributed by atoms with Crippen molar-refractivity contribution in [2.75, 3.05) is 26.2 Å². The molecule has 1 N–H and O–H groups in total. The Morgan fingerprint density at radius 3 is 2.84 bits per heavy atom. The molecule has 2 atom stereocenters. The Kier molecular flexibility index (Phi) is 4.83. The van der Waals surface area contributed by atoms with Gasteiger partial charge in [-0.25, -0.2) is 9.07 Å². The summed E-state index contributed by atoms with van der Waals surface area (Å²) < 4.78 is 14.9. The molecule has 5 nitrogen and oxygen atoms in total. The van der Waals surface area contributed by atoms with Gasteiger partial charge in [-0.1, -0.05) is 0 Å². The number of nitrogens with zero attached hydrogens (tertiary/aromatic N) is 4. The molecule has 6 heteroatoms. The van der Waals surface area contributed by atoms with Crippen molar-refractivity contribution in [2.45, 2.75) is 37.9 Å². The van der Waals surface area contributed by atoms with Crippen molar-refractivity contribution in [3.8, 4) is 5.69 Å². The number of aromatic nitrogens is 2. The van der Waals surface area contributed by atoms with Crippen LogP contribution in [-0.4, -0.2) is 63.0 Å². The maximum Gasteiger partial charge on any atom is 0.123 e. The predicted molar refractivity (Wildman–Crippen MR) is 94.0 cm³/mol. The number of halogens is 1. The number of benzene rings is 1. The summed E-state index contributed by atoms with van der Waals surface area (Å²) in [4.78, 5) is 5.08. The Balaban J connectivity index is 1.47. The van der Waals surface area contributed by atoms with E-state index in [1.54, 1.807) is 16.8 Å². The minimum atomic E-state index is -0.239. The summed E-state index contributed by atoms with van der Waals surface area (Å²) >= 11 is 0. The molecule has 0 radical (unpaired) electrons. The molecule has 0 spiro atoms. The lowest BCUT2D eigenvalue weighted by Gasteiger charge is -2.43. The average Bonchev–Trinajstić information content (AvgIpc) is 3.25. The molecule has 4 rings (SSSR count). The molecular weight excluding hydrogens is 319 g/mol. The van der Waals surface area contributed by atoms with Gasteiger partial charge in [0.1, 0.15) is 5.82 Å². The fourth-order valence-corrected chi connectivity index (χ4v) is 4.18. The van der Waals surface area contributed by atoms with Gasteiger partial charge in [0.2, 0.25) is 0 Å². The first-order chi connectivity index (χ1) is 12.2. The van der Waals surface area contributed by atoms with Gasteiger partial charge in [0.15, 0.2) is 0 Å². The molecule has 0 amide bonds. The summed E-state index contributed by atoms with van der Waals surface area (Å²) in [6, 6.07) is 7.42. The summed E-state index contributed by atoms with van der Waals surface area (Å²) in [5, 5.41) is 13.9. The van der Waals surface area contributed by atoms with Gasteiger partial charge in [0, 0.05) is 50.1 Å². The van der Waals surface area contributed by atoms with Gasteiger partial charge >= 0.3 is 0 Å². The van der Waals surface area contributed by atoms with E-state index < -0.39 is 0 Å². The van der Waals surface area contributed by atoms with Crippen LogP contribution < -0.4 is 0 Å². The van der Waals surface area contributed by atoms with E-state index in [1.807, 2.05) is 12.4 Å². The van der Waals surface area contributed by atoms with Crippen molar-refractivity contribution < 1.29 is 9.50 Å². The van der Waals surface area contributed by atoms with Crippen LogP contribution in [0.25, 0.3) is 5.69 Å². The average molecular weight is 344 g/mol. The topological polar surface area (TPSA) is 44.5 Å². The molecule has 134 valence electrons. The fourth-order valence-electron chi connectivity index (χ4n) is 4.18. The van der Waals surface area contributed by atoms with Crippen molar-refractivity contribution in [1.82, 2.24) is 19.6 Å². The van der Waals surface area contributed by atoms with Gasteiger partial charge in [-0.2, -0.15) is 5.10 Å². The molecule has 0 bridgehead atoms. The molecule has 2 fully saturated rings. The van der Waals surface area contributed by atoms with Crippen molar-refractivity contribution in [2.24, 2.45) is 0 Å². The highest BCUT2D eigenvalue weighted by Crippen LogP contribution is 2.27. The Morgan fingerprint density at radius 1 is 1.20 bits per heavy atom. The summed E-state index contributed by atoms with van der Waals surface area (Å²) in [6.45, 7) is 4.39. The largest absolute Gasteiger partial charge is 0.396 e. The van der Waals surface area contributed by atoms with Crippen LogP contribution in [0.3, 0.4) is 0 Å². The van der Waals surface area contributed by atoms with Crippen molar-refractivity contribution in [3.05, 3.63) is 48.0 Å². The van der Waals surface area contributed by atoms with E-state index in [1.165, 1.54) is 31.5 Å². The molecule has 1 unspecified atom stereocenters. The van der Waals surface area contributed by atoms with Crippen LogP contribution in [0.2, 0.25) is 0 Å². The molecule has 25 heavy (non-hydrogen) atoms. The lowest BCUT2D eigenvalue weighted by Crippen LogP contribution is -2.55. The van der Waals surface area contributed by atoms with Crippen LogP contribution in [0.1, 0.15) is 24.8 Å². The first kappa shape index (κ1) is 16.7. The third kappa shape index (κ3) is 3.61. The van der Waals surface area contributed by atoms with E-state index in [9.17, 15) is 9.50 Å². The molecular formula is C19H25FN4O. The Bertz CT molecular complexity index is 702. The highest BCUT2D eigenvalue weighted by Gasteiger charge is 2.35. The van der Waals surface area contributed by atoms with E-state index in [2.05, 4.69) is 14.9 Å². The lowest BCUT2D eigenvalue weighted by atomic mass is 10.0. The maximum absolute atomic E-state index is 13.1. The molecule has 2 aliphatic heterocycles. The maximum atomic E-state index is 13.1. The first-order valence-electron chi connectivity index (χ1n) is 9.11. The van der Waals surface area contributed by atoms with Crippen LogP contribution in [0.15, 0.2) is 36.7 Å². The molecule has 3 heterocycles. The highest BCUT2D eigenvalue weighted by atomic mass is 19.1. The number of hydrogen-bond donors (Lipinski definition) is 1. The van der Waals surface area contributed by atoms with Crippen LogP contribution in [0.5, 0.6) is 0 Å². The second-order valence-electron chi connectivity index (χ2n) is 7.16. The van der Waals surface area contributed by atoms with Crippen molar-refractivity contribution in [1.29, 1.82) is 0 Å². The third-order valence-electron chi connectivity index (χ3n) is 5.48. The molecule has 0 aliphatic carbocycles. The molecule has 1 aromatic carbocycles. The second kappa shape index (κ2) is 7.23. The lowest BCUT2D eigenvalue weighted by molar-refractivity contribution is 0.0333. The minimum absolute atomic E-state index is 0.231. The van der Waals surface area contributed by atoms with E-state index in [4.69, 9.17) is 0 Å². The summed E-state index contributed by atoms with van der Waals surface area (Å²) in [5.41, 5.74) is 2.01. The standard InChI is InChI=1S/C19H25FN4O/c20-16-3-5-17(6-4-16)24-12-15(10-21-24)11-23-14-18-2-1-8-22(18)13-19(23)7-9-25/h3-6,10,12,18-19,25H,1-2,7-9,11,13-14H2/t18?,19-/m0/s1. The number of aliphatic hydroxyl groups excluding tert-OH is 1. The number of hydrogen-bond acceptors (Lipinski definition) is 4. The number of aliphatic hydroxyl groups is 1. The first-order valence-corrected chi connectivity index (χ1v) is 9.11. The molecule has 2 aromatic rings. The van der Waals surface area contributed by atoms with E-state index >= 15 is 0 Å². The minimum Gasteiger partial charge on any atom is -0.396 e. The smallest absolute Gasteiger partial charge is 0.123 e. The number of rotatable bonds is 5. The van der Waals surface area contributed by atoms with Gasteiger partial charge in [-0.05, 0) is 50.1 Å². The Hall–Kier alpha value is -1.76. The van der Waals surface area contributed by atoms with E-state index in [-0.39, 0.29) is 12.4 Å². The fraction of sp³-hybridized carbons (Fsp3) is 0.526. The highest BCUT2D eigenvalue weighted by molar-refractivity contribution is 5.31. The van der Waals surface area contributed by atoms with Crippen LogP contribution in [0.4, 0.5) is 4.39 Å². The van der Waals surface area contributed by atoms with E-state index in [0.29, 0.717) is 12.1 Å². The van der Waals surface area contributed by atoms with E-state index in [0.717, 1.165) is 37.3 Å². The SMILES string of the molecule is OCC[C@H]1CN2CCCC2CN1Cc1cnn(-c2ccc(F)cc2)c1. The summed E-state index contributed by atoms with van der Waals surface area (Å²) in [6.07, 6.45) is 7.28. The molecule has 2 saturated heterocycles. The normalized spacial score (nSPS) is 24.6. The van der Waals surface area contributed by atoms with Gasteiger partial charge in [0.05, 0.1) is 11.9 Å². The van der Waals surface area contributed by atoms with Crippen molar-refractivity contribution >= 4 is 0 Å². The molecule has 0 saturated carbocycles. The predicted octanol–water partition coefficient (Wildman–Crippen LogP) is 2.04. The van der Waals surface area contributed by atoms with Gasteiger partial charge in [0.25, 0.3) is 0 Å². The quantitative estimate of drug-likeness (QED) is 0.902. The number of fused-ring (bicyclic) bond motifs is 1. The third-order valence-corrected chi connectivity index (χ3v) is 5.48.